The van der Waals surface area contributed by atoms with Crippen LogP contribution in [0.15, 0.2) is 62.6 Å². The van der Waals surface area contributed by atoms with E-state index in [1.165, 1.54) is 18.4 Å². The molecule has 1 atom stereocenters. The topological polar surface area (TPSA) is 114 Å². The van der Waals surface area contributed by atoms with Crippen molar-refractivity contribution in [1.29, 1.82) is 0 Å². The van der Waals surface area contributed by atoms with E-state index in [1.54, 1.807) is 35.7 Å². The molecule has 11 heteroatoms. The summed E-state index contributed by atoms with van der Waals surface area (Å²) >= 11 is 1.35. The minimum atomic E-state index is -3.69. The Morgan fingerprint density at radius 2 is 1.90 bits per heavy atom. The van der Waals surface area contributed by atoms with Crippen molar-refractivity contribution < 1.29 is 28.9 Å². The van der Waals surface area contributed by atoms with Gasteiger partial charge in [-0.2, -0.15) is 0 Å². The van der Waals surface area contributed by atoms with Crippen molar-refractivity contribution in [3.05, 3.63) is 64.5 Å². The highest BCUT2D eigenvalue weighted by Gasteiger charge is 2.35. The van der Waals surface area contributed by atoms with Crippen LogP contribution < -0.4 is 10.2 Å². The second-order valence-electron chi connectivity index (χ2n) is 10.6. The van der Waals surface area contributed by atoms with Crippen LogP contribution in [-0.4, -0.2) is 53.5 Å². The standard InChI is InChI=1S/C30H31N3O6S2.H2/c1-33-23-5-3-4-6-25(23)41(36,37)26-9-7-19(16-24(26)33)21(15-18-11-13-39-14-12-18)28(34)31-27-10-8-20-22(30(35)38-2)17-40-29(20)32-27;/h3-7,9,16-18,21H,8,10-15H2,1-2H3,(H,31,32,34);1H. The number of hydrogen-bond acceptors (Lipinski definition) is 9. The molecule has 0 aliphatic carbocycles. The van der Waals surface area contributed by atoms with Crippen LogP contribution in [-0.2, 0) is 30.5 Å². The van der Waals surface area contributed by atoms with E-state index in [-0.39, 0.29) is 23.1 Å². The zero-order chi connectivity index (χ0) is 28.7. The minimum Gasteiger partial charge on any atom is -0.465 e. The quantitative estimate of drug-likeness (QED) is 0.394. The number of para-hydroxylation sites is 1. The summed E-state index contributed by atoms with van der Waals surface area (Å²) in [4.78, 5) is 33.0. The first-order chi connectivity index (χ1) is 19.8. The van der Waals surface area contributed by atoms with Gasteiger partial charge in [-0.1, -0.05) is 18.2 Å². The molecule has 0 bridgehead atoms. The molecule has 1 saturated heterocycles. The molecule has 41 heavy (non-hydrogen) atoms. The Morgan fingerprint density at radius 3 is 2.68 bits per heavy atom. The van der Waals surface area contributed by atoms with Gasteiger partial charge in [0.05, 0.1) is 39.8 Å². The van der Waals surface area contributed by atoms with Crippen LogP contribution in [0, 0.1) is 5.92 Å². The number of carbonyl (C=O) groups is 2. The second kappa shape index (κ2) is 11.0. The Kier molecular flexibility index (Phi) is 7.43. The maximum atomic E-state index is 13.9. The molecule has 3 aliphatic rings. The largest absolute Gasteiger partial charge is 0.465 e. The Bertz CT molecular complexity index is 1660. The number of anilines is 2. The molecule has 9 nitrogen and oxygen atoms in total. The number of ether oxygens (including phenoxy) is 2. The molecular weight excluding hydrogens is 562 g/mol. The van der Waals surface area contributed by atoms with Gasteiger partial charge in [-0.15, -0.1) is 11.3 Å². The molecule has 1 amide bonds. The maximum absolute atomic E-state index is 13.9. The fourth-order valence-electron chi connectivity index (χ4n) is 5.89. The summed E-state index contributed by atoms with van der Waals surface area (Å²) < 4.78 is 37.3. The molecular formula is C30H33N3O6S2. The molecule has 1 aromatic heterocycles. The van der Waals surface area contributed by atoms with Gasteiger partial charge in [0, 0.05) is 39.1 Å². The number of amidine groups is 1. The smallest absolute Gasteiger partial charge is 0.339 e. The molecule has 0 spiro atoms. The fraction of sp³-hybridized carbons (Fsp3) is 0.367. The number of amides is 1. The van der Waals surface area contributed by atoms with Crippen LogP contribution in [0.2, 0.25) is 0 Å². The average Bonchev–Trinajstić information content (AvgIpc) is 3.42. The summed E-state index contributed by atoms with van der Waals surface area (Å²) in [5.41, 5.74) is 3.29. The number of rotatable bonds is 5. The Labute approximate surface area is 244 Å². The van der Waals surface area contributed by atoms with Gasteiger partial charge < -0.3 is 19.7 Å². The first kappa shape index (κ1) is 27.6. The first-order valence-corrected chi connectivity index (χ1v) is 16.0. The molecule has 216 valence electrons. The van der Waals surface area contributed by atoms with Crippen molar-refractivity contribution in [2.75, 3.05) is 32.3 Å². The summed E-state index contributed by atoms with van der Waals surface area (Å²) in [5, 5.41) is 5.51. The third-order valence-corrected chi connectivity index (χ3v) is 10.9. The average molecular weight is 596 g/mol. The van der Waals surface area contributed by atoms with Crippen LogP contribution >= 0.6 is 11.3 Å². The van der Waals surface area contributed by atoms with Crippen molar-refractivity contribution in [2.45, 2.75) is 47.8 Å². The van der Waals surface area contributed by atoms with E-state index in [2.05, 4.69) is 10.3 Å². The molecule has 0 radical (unpaired) electrons. The van der Waals surface area contributed by atoms with Gasteiger partial charge >= 0.3 is 5.97 Å². The monoisotopic (exact) mass is 595 g/mol. The van der Waals surface area contributed by atoms with Gasteiger partial charge in [0.15, 0.2) is 0 Å². The van der Waals surface area contributed by atoms with Gasteiger partial charge in [0.2, 0.25) is 15.7 Å². The predicted molar refractivity (Wildman–Crippen MR) is 159 cm³/mol. The van der Waals surface area contributed by atoms with E-state index < -0.39 is 15.8 Å². The van der Waals surface area contributed by atoms with Crippen LogP contribution in [0.25, 0.3) is 0 Å². The molecule has 1 unspecified atom stereocenters. The molecule has 1 N–H and O–H groups in total. The summed E-state index contributed by atoms with van der Waals surface area (Å²) in [7, 11) is -0.486. The van der Waals surface area contributed by atoms with Gasteiger partial charge in [-0.3, -0.25) is 4.79 Å². The summed E-state index contributed by atoms with van der Waals surface area (Å²) in [5.74, 6) is -0.203. The van der Waals surface area contributed by atoms with Crippen molar-refractivity contribution in [1.82, 2.24) is 5.32 Å². The summed E-state index contributed by atoms with van der Waals surface area (Å²) in [6, 6.07) is 12.2. The number of methoxy groups -OCH3 is 1. The van der Waals surface area contributed by atoms with Gasteiger partial charge in [0.25, 0.3) is 0 Å². The number of sulfone groups is 1. The predicted octanol–water partition coefficient (Wildman–Crippen LogP) is 5.39. The van der Waals surface area contributed by atoms with Gasteiger partial charge in [-0.05, 0) is 61.4 Å². The highest BCUT2D eigenvalue weighted by Crippen LogP contribution is 2.45. The van der Waals surface area contributed by atoms with Crippen molar-refractivity contribution in [3.8, 4) is 0 Å². The number of esters is 1. The third kappa shape index (κ3) is 5.06. The number of nitrogens with zero attached hydrogens (tertiary/aromatic N) is 2. The number of fused-ring (bicyclic) bond motifs is 3. The first-order valence-electron chi connectivity index (χ1n) is 13.6. The minimum absolute atomic E-state index is 0. The van der Waals surface area contributed by atoms with Crippen LogP contribution in [0.3, 0.4) is 0 Å². The Hall–Kier alpha value is -3.54. The highest BCUT2D eigenvalue weighted by atomic mass is 32.2. The van der Waals surface area contributed by atoms with E-state index in [4.69, 9.17) is 9.47 Å². The number of thiophene rings is 1. The van der Waals surface area contributed by atoms with Gasteiger partial charge in [0.1, 0.15) is 10.8 Å². The lowest BCUT2D eigenvalue weighted by molar-refractivity contribution is -0.121. The molecule has 2 aromatic carbocycles. The second-order valence-corrected chi connectivity index (χ2v) is 13.3. The summed E-state index contributed by atoms with van der Waals surface area (Å²) in [6.45, 7) is 1.33. The lowest BCUT2D eigenvalue weighted by Crippen LogP contribution is -2.37. The Morgan fingerprint density at radius 1 is 1.15 bits per heavy atom. The molecule has 6 rings (SSSR count). The number of nitrogens with one attached hydrogen (secondary N) is 1. The van der Waals surface area contributed by atoms with Crippen LogP contribution in [0.5, 0.6) is 0 Å². The Balaban J connectivity index is 0.00000353. The zero-order valence-corrected chi connectivity index (χ0v) is 24.5. The van der Waals surface area contributed by atoms with Crippen molar-refractivity contribution in [3.63, 3.8) is 0 Å². The van der Waals surface area contributed by atoms with E-state index in [1.807, 2.05) is 24.1 Å². The van der Waals surface area contributed by atoms with Crippen molar-refractivity contribution >= 4 is 55.3 Å². The molecule has 0 saturated carbocycles. The number of carbonyl (C=O) groups excluding carboxylic acids is 2. The van der Waals surface area contributed by atoms with E-state index in [0.717, 1.165) is 24.0 Å². The molecule has 3 aliphatic heterocycles. The normalized spacial score (nSPS) is 18.4. The van der Waals surface area contributed by atoms with Crippen molar-refractivity contribution in [2.24, 2.45) is 10.9 Å². The fourth-order valence-corrected chi connectivity index (χ4v) is 8.57. The molecule has 3 aromatic rings. The van der Waals surface area contributed by atoms with Gasteiger partial charge in [-0.25, -0.2) is 18.2 Å². The van der Waals surface area contributed by atoms with E-state index >= 15 is 0 Å². The SMILES string of the molecule is COC(=O)c1csc2c1CCC(NC(=O)C(CC1CCOCC1)c1ccc3c(c1)N(C)c1ccccc1S3(=O)=O)=N2.[HH]. The van der Waals surface area contributed by atoms with E-state index in [0.29, 0.717) is 66.2 Å². The third-order valence-electron chi connectivity index (χ3n) is 8.17. The number of hydrogen-bond donors (Lipinski definition) is 1. The lowest BCUT2D eigenvalue weighted by atomic mass is 9.84. The maximum Gasteiger partial charge on any atom is 0.339 e. The molecule has 4 heterocycles. The van der Waals surface area contributed by atoms with Crippen LogP contribution in [0.4, 0.5) is 16.4 Å². The lowest BCUT2D eigenvalue weighted by Gasteiger charge is -2.31. The molecule has 1 fully saturated rings. The van der Waals surface area contributed by atoms with Crippen LogP contribution in [0.1, 0.15) is 54.5 Å². The highest BCUT2D eigenvalue weighted by molar-refractivity contribution is 7.92. The summed E-state index contributed by atoms with van der Waals surface area (Å²) in [6.07, 6.45) is 3.42. The number of benzene rings is 2. The zero-order valence-electron chi connectivity index (χ0n) is 22.9. The number of aliphatic imine (C=N–C) groups is 1. The van der Waals surface area contributed by atoms with E-state index in [9.17, 15) is 18.0 Å².